The minimum absolute atomic E-state index is 0.181. The molecule has 0 aromatic carbocycles. The molecule has 0 bridgehead atoms. The maximum atomic E-state index is 11.7. The van der Waals surface area contributed by atoms with E-state index in [4.69, 9.17) is 0 Å². The van der Waals surface area contributed by atoms with Crippen LogP contribution in [0.4, 0.5) is 0 Å². The Balaban J connectivity index is 2.47. The van der Waals surface area contributed by atoms with Gasteiger partial charge in [-0.1, -0.05) is 6.92 Å². The Bertz CT molecular complexity index is 335. The molecule has 1 rings (SSSR count). The first-order valence-corrected chi connectivity index (χ1v) is 5.30. The van der Waals surface area contributed by atoms with Gasteiger partial charge in [-0.15, -0.1) is 0 Å². The molecule has 90 valence electrons. The molecule has 1 heterocycles. The Morgan fingerprint density at radius 2 is 2.38 bits per heavy atom. The Labute approximate surface area is 94.7 Å². The number of hydrogen-bond acceptors (Lipinski definition) is 4. The molecule has 1 aromatic heterocycles. The van der Waals surface area contributed by atoms with Gasteiger partial charge in [-0.25, -0.2) is 9.67 Å². The molecule has 1 amide bonds. The number of nitrogens with one attached hydrogen (secondary N) is 1. The summed E-state index contributed by atoms with van der Waals surface area (Å²) in [5, 5.41) is 16.3. The number of carbonyl (C=O) groups excluding carboxylic acids is 1. The van der Waals surface area contributed by atoms with Crippen LogP contribution in [0.15, 0.2) is 12.7 Å². The van der Waals surface area contributed by atoms with Gasteiger partial charge in [0.05, 0.1) is 5.60 Å². The SMILES string of the molecule is CCC(C)(O)CNC(=O)C(C)n1cncn1. The van der Waals surface area contributed by atoms with E-state index in [-0.39, 0.29) is 12.5 Å². The van der Waals surface area contributed by atoms with Gasteiger partial charge in [0, 0.05) is 6.54 Å². The zero-order chi connectivity index (χ0) is 12.2. The van der Waals surface area contributed by atoms with Crippen LogP contribution in [-0.4, -0.2) is 37.9 Å². The first-order chi connectivity index (χ1) is 7.46. The zero-order valence-corrected chi connectivity index (χ0v) is 9.84. The van der Waals surface area contributed by atoms with Crippen molar-refractivity contribution in [3.8, 4) is 0 Å². The van der Waals surface area contributed by atoms with Crippen molar-refractivity contribution in [1.29, 1.82) is 0 Å². The van der Waals surface area contributed by atoms with Crippen molar-refractivity contribution in [3.05, 3.63) is 12.7 Å². The number of aromatic nitrogens is 3. The maximum absolute atomic E-state index is 11.7. The average Bonchev–Trinajstić information content (AvgIpc) is 2.78. The third-order valence-corrected chi connectivity index (χ3v) is 2.62. The van der Waals surface area contributed by atoms with E-state index in [1.165, 1.54) is 17.3 Å². The van der Waals surface area contributed by atoms with Crippen molar-refractivity contribution in [2.45, 2.75) is 38.8 Å². The van der Waals surface area contributed by atoms with Crippen LogP contribution in [0.2, 0.25) is 0 Å². The summed E-state index contributed by atoms with van der Waals surface area (Å²) in [5.74, 6) is -0.181. The Morgan fingerprint density at radius 1 is 1.69 bits per heavy atom. The van der Waals surface area contributed by atoms with Crippen LogP contribution in [0.5, 0.6) is 0 Å². The topological polar surface area (TPSA) is 80.0 Å². The summed E-state index contributed by atoms with van der Waals surface area (Å²) in [7, 11) is 0. The number of nitrogens with zero attached hydrogens (tertiary/aromatic N) is 3. The highest BCUT2D eigenvalue weighted by atomic mass is 16.3. The number of hydrogen-bond donors (Lipinski definition) is 2. The summed E-state index contributed by atoms with van der Waals surface area (Å²) >= 11 is 0. The Kier molecular flexibility index (Phi) is 4.00. The highest BCUT2D eigenvalue weighted by Crippen LogP contribution is 2.07. The molecule has 6 nitrogen and oxygen atoms in total. The lowest BCUT2D eigenvalue weighted by atomic mass is 10.0. The summed E-state index contributed by atoms with van der Waals surface area (Å²) in [6.45, 7) is 5.52. The molecule has 2 N–H and O–H groups in total. The van der Waals surface area contributed by atoms with Crippen molar-refractivity contribution in [2.24, 2.45) is 0 Å². The zero-order valence-electron chi connectivity index (χ0n) is 9.84. The van der Waals surface area contributed by atoms with Crippen LogP contribution in [0, 0.1) is 0 Å². The van der Waals surface area contributed by atoms with Gasteiger partial charge >= 0.3 is 0 Å². The molecule has 6 heteroatoms. The van der Waals surface area contributed by atoms with E-state index in [0.29, 0.717) is 6.42 Å². The van der Waals surface area contributed by atoms with E-state index in [0.717, 1.165) is 0 Å². The van der Waals surface area contributed by atoms with Crippen molar-refractivity contribution < 1.29 is 9.90 Å². The summed E-state index contributed by atoms with van der Waals surface area (Å²) < 4.78 is 1.47. The van der Waals surface area contributed by atoms with Crippen molar-refractivity contribution in [3.63, 3.8) is 0 Å². The van der Waals surface area contributed by atoms with Crippen molar-refractivity contribution in [2.75, 3.05) is 6.54 Å². The van der Waals surface area contributed by atoms with E-state index in [2.05, 4.69) is 15.4 Å². The minimum Gasteiger partial charge on any atom is -0.388 e. The molecule has 0 radical (unpaired) electrons. The van der Waals surface area contributed by atoms with Gasteiger partial charge in [0.15, 0.2) is 0 Å². The van der Waals surface area contributed by atoms with Gasteiger partial charge in [-0.05, 0) is 20.3 Å². The Hall–Kier alpha value is -1.43. The van der Waals surface area contributed by atoms with Gasteiger partial charge in [-0.3, -0.25) is 4.79 Å². The molecule has 0 spiro atoms. The summed E-state index contributed by atoms with van der Waals surface area (Å²) in [5.41, 5.74) is -0.863. The fourth-order valence-electron chi connectivity index (χ4n) is 1.09. The molecule has 0 fully saturated rings. The van der Waals surface area contributed by atoms with Crippen molar-refractivity contribution in [1.82, 2.24) is 20.1 Å². The lowest BCUT2D eigenvalue weighted by molar-refractivity contribution is -0.125. The predicted octanol–water partition coefficient (Wildman–Crippen LogP) is 0.116. The second-order valence-electron chi connectivity index (χ2n) is 4.12. The maximum Gasteiger partial charge on any atom is 0.244 e. The summed E-state index contributed by atoms with van der Waals surface area (Å²) in [6, 6.07) is -0.421. The van der Waals surface area contributed by atoms with Crippen LogP contribution in [-0.2, 0) is 4.79 Å². The van der Waals surface area contributed by atoms with E-state index in [9.17, 15) is 9.90 Å². The molecule has 0 aliphatic heterocycles. The van der Waals surface area contributed by atoms with E-state index >= 15 is 0 Å². The minimum atomic E-state index is -0.863. The van der Waals surface area contributed by atoms with Crippen LogP contribution in [0.3, 0.4) is 0 Å². The molecule has 0 aliphatic rings. The largest absolute Gasteiger partial charge is 0.388 e. The standard InChI is InChI=1S/C10H18N4O2/c1-4-10(3,16)5-12-9(15)8(2)14-7-11-6-13-14/h6-8,16H,4-5H2,1-3H3,(H,12,15). The molecule has 2 unspecified atom stereocenters. The first-order valence-electron chi connectivity index (χ1n) is 5.30. The van der Waals surface area contributed by atoms with Crippen LogP contribution < -0.4 is 5.32 Å². The lowest BCUT2D eigenvalue weighted by Gasteiger charge is -2.22. The fraction of sp³-hybridized carbons (Fsp3) is 0.700. The van der Waals surface area contributed by atoms with Gasteiger partial charge in [0.1, 0.15) is 18.7 Å². The molecule has 0 aliphatic carbocycles. The van der Waals surface area contributed by atoms with Crippen LogP contribution in [0.25, 0.3) is 0 Å². The second-order valence-corrected chi connectivity index (χ2v) is 4.12. The predicted molar refractivity (Wildman–Crippen MR) is 58.7 cm³/mol. The van der Waals surface area contributed by atoms with Gasteiger partial charge in [0.25, 0.3) is 0 Å². The van der Waals surface area contributed by atoms with Crippen molar-refractivity contribution >= 4 is 5.91 Å². The molecule has 0 saturated heterocycles. The highest BCUT2D eigenvalue weighted by molar-refractivity contribution is 5.79. The van der Waals surface area contributed by atoms with Crippen LogP contribution >= 0.6 is 0 Å². The quantitative estimate of drug-likeness (QED) is 0.747. The first kappa shape index (κ1) is 12.6. The molecular weight excluding hydrogens is 208 g/mol. The molecule has 0 saturated carbocycles. The highest BCUT2D eigenvalue weighted by Gasteiger charge is 2.21. The monoisotopic (exact) mass is 226 g/mol. The fourth-order valence-corrected chi connectivity index (χ4v) is 1.09. The molecule has 2 atom stereocenters. The summed E-state index contributed by atoms with van der Waals surface area (Å²) in [4.78, 5) is 15.5. The van der Waals surface area contributed by atoms with E-state index in [1.807, 2.05) is 6.92 Å². The van der Waals surface area contributed by atoms with Gasteiger partial charge in [-0.2, -0.15) is 5.10 Å². The number of amides is 1. The third-order valence-electron chi connectivity index (χ3n) is 2.62. The van der Waals surface area contributed by atoms with E-state index < -0.39 is 11.6 Å². The molecular formula is C10H18N4O2. The normalized spacial score (nSPS) is 16.5. The number of aliphatic hydroxyl groups is 1. The molecule has 16 heavy (non-hydrogen) atoms. The third kappa shape index (κ3) is 3.30. The smallest absolute Gasteiger partial charge is 0.244 e. The van der Waals surface area contributed by atoms with Crippen LogP contribution in [0.1, 0.15) is 33.2 Å². The van der Waals surface area contributed by atoms with Gasteiger partial charge in [0.2, 0.25) is 5.91 Å². The second kappa shape index (κ2) is 5.07. The van der Waals surface area contributed by atoms with Gasteiger partial charge < -0.3 is 10.4 Å². The Morgan fingerprint density at radius 3 is 2.88 bits per heavy atom. The lowest BCUT2D eigenvalue weighted by Crippen LogP contribution is -2.42. The number of carbonyl (C=O) groups is 1. The average molecular weight is 226 g/mol. The summed E-state index contributed by atoms with van der Waals surface area (Å²) in [6.07, 6.45) is 3.46. The molecule has 1 aromatic rings. The number of rotatable bonds is 5. The van der Waals surface area contributed by atoms with E-state index in [1.54, 1.807) is 13.8 Å².